The van der Waals surface area contributed by atoms with Crippen LogP contribution in [0.25, 0.3) is 22.3 Å². The fraction of sp³-hybridized carbons (Fsp3) is 0. The average molecular weight is 422 g/mol. The van der Waals surface area contributed by atoms with Gasteiger partial charge in [-0.25, -0.2) is 29.9 Å². The number of aromatic nitrogens is 8. The first-order valence-corrected chi connectivity index (χ1v) is 6.72. The van der Waals surface area contributed by atoms with E-state index in [1.807, 2.05) is 0 Å². The fourth-order valence-corrected chi connectivity index (χ4v) is 1.89. The number of aromatic carboxylic acids is 2. The number of H-pyrrole nitrogens is 2. The van der Waals surface area contributed by atoms with Crippen LogP contribution in [0, 0.1) is 0 Å². The largest absolute Gasteiger partial charge is 2.00 e. The summed E-state index contributed by atoms with van der Waals surface area (Å²) in [5, 5.41) is 20.8. The molecule has 4 heterocycles. The summed E-state index contributed by atoms with van der Waals surface area (Å²) in [6.45, 7) is 0. The standard InChI is InChI=1S/2C6H5N5O2.Zn/c2*7-3-2-4(9-1-8-2)11-5(10-3)6(12)13;/h2*1H,(H,12,13)(H3,7,8,9,10,11);/q;;+2/p-2. The van der Waals surface area contributed by atoms with E-state index >= 15 is 0 Å². The van der Waals surface area contributed by atoms with Gasteiger partial charge in [-0.1, -0.05) is 0 Å². The van der Waals surface area contributed by atoms with Crippen LogP contribution in [-0.4, -0.2) is 51.8 Å². The molecule has 14 nitrogen and oxygen atoms in total. The van der Waals surface area contributed by atoms with Crippen LogP contribution in [0.1, 0.15) is 21.2 Å². The Morgan fingerprint density at radius 1 is 0.778 bits per heavy atom. The Balaban J connectivity index is 0.000000187. The number of aromatic amines is 2. The number of carbonyl (C=O) groups excluding carboxylic acids is 2. The minimum Gasteiger partial charge on any atom is -0.541 e. The Bertz CT molecular complexity index is 1050. The topological polar surface area (TPSA) is 241 Å². The molecule has 15 heteroatoms. The molecule has 0 saturated heterocycles. The number of imidazole rings is 2. The molecule has 6 N–H and O–H groups in total. The number of carboxylic acid groups (broad SMARTS) is 2. The molecule has 0 aromatic carbocycles. The zero-order valence-electron chi connectivity index (χ0n) is 13.3. The van der Waals surface area contributed by atoms with Crippen molar-refractivity contribution in [2.24, 2.45) is 0 Å². The van der Waals surface area contributed by atoms with Crippen molar-refractivity contribution in [3.63, 3.8) is 0 Å². The number of carbonyl (C=O) groups is 2. The third-order valence-electron chi connectivity index (χ3n) is 2.99. The van der Waals surface area contributed by atoms with Gasteiger partial charge in [-0.05, 0) is 0 Å². The van der Waals surface area contributed by atoms with Gasteiger partial charge in [-0.2, -0.15) is 0 Å². The molecule has 0 aliphatic carbocycles. The van der Waals surface area contributed by atoms with E-state index in [-0.39, 0.29) is 42.4 Å². The molecule has 0 saturated carbocycles. The predicted octanol–water partition coefficient (Wildman–Crippen LogP) is -3.41. The molecule has 0 aliphatic rings. The van der Waals surface area contributed by atoms with Crippen LogP contribution in [0.2, 0.25) is 0 Å². The van der Waals surface area contributed by atoms with Gasteiger partial charge >= 0.3 is 19.5 Å². The number of anilines is 2. The minimum atomic E-state index is -1.48. The van der Waals surface area contributed by atoms with Crippen molar-refractivity contribution in [3.8, 4) is 0 Å². The molecule has 27 heavy (non-hydrogen) atoms. The normalized spacial score (nSPS) is 10.1. The second kappa shape index (κ2) is 7.65. The molecule has 0 unspecified atom stereocenters. The summed E-state index contributed by atoms with van der Waals surface area (Å²) in [4.78, 5) is 47.8. The Hall–Kier alpha value is -3.74. The monoisotopic (exact) mass is 420 g/mol. The minimum absolute atomic E-state index is 0. The van der Waals surface area contributed by atoms with E-state index in [1.165, 1.54) is 12.7 Å². The van der Waals surface area contributed by atoms with Crippen molar-refractivity contribution in [2.45, 2.75) is 0 Å². The van der Waals surface area contributed by atoms with E-state index in [9.17, 15) is 19.8 Å². The molecule has 0 fully saturated rings. The number of rotatable bonds is 2. The van der Waals surface area contributed by atoms with E-state index in [4.69, 9.17) is 11.5 Å². The van der Waals surface area contributed by atoms with Gasteiger partial charge in [0, 0.05) is 0 Å². The van der Waals surface area contributed by atoms with E-state index < -0.39 is 23.6 Å². The van der Waals surface area contributed by atoms with Gasteiger partial charge in [-0.3, -0.25) is 0 Å². The van der Waals surface area contributed by atoms with Crippen molar-refractivity contribution >= 4 is 45.9 Å². The van der Waals surface area contributed by atoms with Crippen LogP contribution in [0.5, 0.6) is 0 Å². The maximum atomic E-state index is 10.4. The van der Waals surface area contributed by atoms with Crippen molar-refractivity contribution in [3.05, 3.63) is 24.3 Å². The Morgan fingerprint density at radius 2 is 1.15 bits per heavy atom. The number of carboxylic acids is 2. The second-order valence-corrected chi connectivity index (χ2v) is 4.64. The van der Waals surface area contributed by atoms with Gasteiger partial charge in [-0.15, -0.1) is 0 Å². The molecule has 0 bridgehead atoms. The predicted molar refractivity (Wildman–Crippen MR) is 80.9 cm³/mol. The first-order chi connectivity index (χ1) is 12.4. The second-order valence-electron chi connectivity index (χ2n) is 4.64. The SMILES string of the molecule is Nc1nc(C(=O)[O-])nc2nc[nH]c12.Nc1nc(C(=O)[O-])nc2nc[nH]c12.[Zn+2]. The fourth-order valence-electron chi connectivity index (χ4n) is 1.89. The van der Waals surface area contributed by atoms with Crippen molar-refractivity contribution < 1.29 is 39.3 Å². The Labute approximate surface area is 161 Å². The van der Waals surface area contributed by atoms with Crippen molar-refractivity contribution in [1.82, 2.24) is 39.9 Å². The van der Waals surface area contributed by atoms with E-state index in [0.29, 0.717) is 11.0 Å². The maximum Gasteiger partial charge on any atom is 2.00 e. The third kappa shape index (κ3) is 3.92. The Kier molecular flexibility index (Phi) is 5.55. The van der Waals surface area contributed by atoms with Gasteiger partial charge in [0.1, 0.15) is 23.0 Å². The number of fused-ring (bicyclic) bond motifs is 2. The summed E-state index contributed by atoms with van der Waals surface area (Å²) >= 11 is 0. The molecule has 4 rings (SSSR count). The molecule has 4 aromatic heterocycles. The third-order valence-corrected chi connectivity index (χ3v) is 2.99. The van der Waals surface area contributed by atoms with Crippen LogP contribution in [0.15, 0.2) is 12.7 Å². The maximum absolute atomic E-state index is 10.4. The number of nitrogens with one attached hydrogen (secondary N) is 2. The number of nitrogens with two attached hydrogens (primary N) is 2. The van der Waals surface area contributed by atoms with Gasteiger partial charge in [0.2, 0.25) is 0 Å². The van der Waals surface area contributed by atoms with Crippen LogP contribution in [-0.2, 0) is 19.5 Å². The summed E-state index contributed by atoms with van der Waals surface area (Å²) < 4.78 is 0. The van der Waals surface area contributed by atoms with E-state index in [1.54, 1.807) is 0 Å². The molecule has 4 aromatic rings. The zero-order chi connectivity index (χ0) is 18.8. The van der Waals surface area contributed by atoms with Crippen molar-refractivity contribution in [1.29, 1.82) is 0 Å². The molecule has 132 valence electrons. The summed E-state index contributed by atoms with van der Waals surface area (Å²) in [5.41, 5.74) is 12.1. The smallest absolute Gasteiger partial charge is 0.541 e. The first-order valence-electron chi connectivity index (χ1n) is 6.72. The zero-order valence-corrected chi connectivity index (χ0v) is 16.3. The molecule has 0 amide bonds. The summed E-state index contributed by atoms with van der Waals surface area (Å²) in [6, 6.07) is 0. The molecule has 0 spiro atoms. The Morgan fingerprint density at radius 3 is 1.48 bits per heavy atom. The van der Waals surface area contributed by atoms with E-state index in [0.717, 1.165) is 0 Å². The van der Waals surface area contributed by atoms with Crippen LogP contribution < -0.4 is 21.7 Å². The van der Waals surface area contributed by atoms with Crippen LogP contribution in [0.4, 0.5) is 11.6 Å². The quantitative estimate of drug-likeness (QED) is 0.231. The van der Waals surface area contributed by atoms with Gasteiger partial charge in [0.25, 0.3) is 0 Å². The van der Waals surface area contributed by atoms with Crippen LogP contribution >= 0.6 is 0 Å². The van der Waals surface area contributed by atoms with Gasteiger partial charge in [0.15, 0.2) is 34.6 Å². The average Bonchev–Trinajstić information content (AvgIpc) is 3.24. The van der Waals surface area contributed by atoms with Crippen LogP contribution in [0.3, 0.4) is 0 Å². The molecular weight excluding hydrogens is 414 g/mol. The number of hydrogen-bond donors (Lipinski definition) is 4. The number of hydrogen-bond acceptors (Lipinski definition) is 12. The van der Waals surface area contributed by atoms with Crippen molar-refractivity contribution in [2.75, 3.05) is 11.5 Å². The van der Waals surface area contributed by atoms with E-state index in [2.05, 4.69) is 39.9 Å². The summed E-state index contributed by atoms with van der Waals surface area (Å²) in [7, 11) is 0. The summed E-state index contributed by atoms with van der Waals surface area (Å²) in [6.07, 6.45) is 2.71. The molecule has 0 aliphatic heterocycles. The molecule has 0 atom stereocenters. The van der Waals surface area contributed by atoms with Gasteiger partial charge in [0.05, 0.1) is 12.7 Å². The number of nitrogen functional groups attached to an aromatic ring is 2. The molecule has 0 radical (unpaired) electrons. The number of nitrogens with zero attached hydrogens (tertiary/aromatic N) is 6. The molecular formula is C12H8N10O4Zn. The first kappa shape index (κ1) is 19.6. The van der Waals surface area contributed by atoms with Gasteiger partial charge < -0.3 is 41.2 Å². The summed E-state index contributed by atoms with van der Waals surface area (Å²) in [5.74, 6) is -3.79.